The highest BCUT2D eigenvalue weighted by molar-refractivity contribution is 5.83. The first-order valence-electron chi connectivity index (χ1n) is 9.27. The van der Waals surface area contributed by atoms with Crippen LogP contribution in [0, 0.1) is 0 Å². The van der Waals surface area contributed by atoms with Crippen LogP contribution in [-0.2, 0) is 38.1 Å². The Kier molecular flexibility index (Phi) is 14.2. The zero-order valence-corrected chi connectivity index (χ0v) is 17.7. The van der Waals surface area contributed by atoms with Crippen LogP contribution in [0.2, 0.25) is 0 Å². The molecule has 0 aromatic rings. The molecule has 0 spiro atoms. The lowest BCUT2D eigenvalue weighted by Gasteiger charge is -2.26. The molecule has 1 amide bonds. The maximum Gasteiger partial charge on any atom is 0.325 e. The van der Waals surface area contributed by atoms with Gasteiger partial charge < -0.3 is 39.4 Å². The number of nitrogens with zero attached hydrogens (tertiary/aromatic N) is 1. The van der Waals surface area contributed by atoms with E-state index in [1.165, 1.54) is 0 Å². The van der Waals surface area contributed by atoms with Crippen LogP contribution < -0.4 is 5.73 Å². The van der Waals surface area contributed by atoms with Crippen LogP contribution in [0.3, 0.4) is 0 Å². The third kappa shape index (κ3) is 15.8. The van der Waals surface area contributed by atoms with Crippen LogP contribution in [0.15, 0.2) is 0 Å². The number of esters is 1. The maximum absolute atomic E-state index is 12.2. The van der Waals surface area contributed by atoms with E-state index in [0.29, 0.717) is 26.4 Å². The topological polar surface area (TPSA) is 147 Å². The first-order chi connectivity index (χ1) is 13.6. The molecule has 0 aliphatic carbocycles. The molecule has 0 radical (unpaired) electrons. The largest absolute Gasteiger partial charge is 0.480 e. The van der Waals surface area contributed by atoms with Gasteiger partial charge in [-0.05, 0) is 20.8 Å². The third-order valence-corrected chi connectivity index (χ3v) is 3.21. The van der Waals surface area contributed by atoms with Gasteiger partial charge in [0.05, 0.1) is 39.6 Å². The van der Waals surface area contributed by atoms with E-state index >= 15 is 0 Å². The Morgan fingerprint density at radius 3 is 1.97 bits per heavy atom. The van der Waals surface area contributed by atoms with Crippen molar-refractivity contribution in [3.63, 3.8) is 0 Å². The van der Waals surface area contributed by atoms with Crippen LogP contribution in [-0.4, -0.2) is 106 Å². The molecule has 0 bridgehead atoms. The van der Waals surface area contributed by atoms with E-state index in [-0.39, 0.29) is 26.4 Å². The SMILES string of the molecule is COCCOCCOCCOCC(=O)N(CC(=O)O)CC(N)C(=O)OC(C)(C)C. The van der Waals surface area contributed by atoms with Crippen molar-refractivity contribution in [3.05, 3.63) is 0 Å². The molecule has 3 N–H and O–H groups in total. The molecule has 0 aliphatic rings. The number of carbonyl (C=O) groups is 3. The zero-order chi connectivity index (χ0) is 22.3. The Labute approximate surface area is 171 Å². The molecular formula is C18H34N2O9. The van der Waals surface area contributed by atoms with Crippen LogP contribution in [0.4, 0.5) is 0 Å². The van der Waals surface area contributed by atoms with Crippen molar-refractivity contribution < 1.29 is 43.2 Å². The van der Waals surface area contributed by atoms with Crippen molar-refractivity contribution in [1.82, 2.24) is 4.90 Å². The Morgan fingerprint density at radius 1 is 0.966 bits per heavy atom. The lowest BCUT2D eigenvalue weighted by atomic mass is 10.2. The molecule has 0 rings (SSSR count). The molecular weight excluding hydrogens is 388 g/mol. The number of amides is 1. The van der Waals surface area contributed by atoms with E-state index in [1.54, 1.807) is 27.9 Å². The summed E-state index contributed by atoms with van der Waals surface area (Å²) in [5.74, 6) is -2.55. The van der Waals surface area contributed by atoms with Gasteiger partial charge in [-0.25, -0.2) is 0 Å². The molecule has 0 saturated carbocycles. The number of nitrogens with two attached hydrogens (primary N) is 1. The zero-order valence-electron chi connectivity index (χ0n) is 17.7. The molecule has 29 heavy (non-hydrogen) atoms. The van der Waals surface area contributed by atoms with Gasteiger partial charge in [-0.15, -0.1) is 0 Å². The molecule has 0 fully saturated rings. The van der Waals surface area contributed by atoms with E-state index in [4.69, 9.17) is 34.5 Å². The van der Waals surface area contributed by atoms with Crippen LogP contribution in [0.25, 0.3) is 0 Å². The summed E-state index contributed by atoms with van der Waals surface area (Å²) in [6.07, 6.45) is 0. The summed E-state index contributed by atoms with van der Waals surface area (Å²) in [7, 11) is 1.58. The summed E-state index contributed by atoms with van der Waals surface area (Å²) in [6.45, 7) is 5.95. The minimum atomic E-state index is -1.23. The standard InChI is InChI=1S/C18H34N2O9/c1-18(2,3)29-17(24)14(19)11-20(12-16(22)23)15(21)13-28-10-9-27-8-7-26-6-5-25-4/h14H,5-13,19H2,1-4H3,(H,22,23). The lowest BCUT2D eigenvalue weighted by Crippen LogP contribution is -2.49. The first kappa shape index (κ1) is 27.2. The van der Waals surface area contributed by atoms with Crippen molar-refractivity contribution in [2.75, 3.05) is 66.4 Å². The fraction of sp³-hybridized carbons (Fsp3) is 0.833. The molecule has 0 heterocycles. The molecule has 11 heteroatoms. The van der Waals surface area contributed by atoms with Gasteiger partial charge in [0.2, 0.25) is 5.91 Å². The number of methoxy groups -OCH3 is 1. The average molecular weight is 422 g/mol. The number of ether oxygens (including phenoxy) is 5. The highest BCUT2D eigenvalue weighted by atomic mass is 16.6. The van der Waals surface area contributed by atoms with E-state index in [9.17, 15) is 14.4 Å². The average Bonchev–Trinajstić information content (AvgIpc) is 2.60. The lowest BCUT2D eigenvalue weighted by molar-refractivity contribution is -0.158. The monoisotopic (exact) mass is 422 g/mol. The minimum absolute atomic E-state index is 0.142. The number of aliphatic carboxylic acids is 1. The second-order valence-corrected chi connectivity index (χ2v) is 7.08. The smallest absolute Gasteiger partial charge is 0.325 e. The normalized spacial score (nSPS) is 12.4. The molecule has 170 valence electrons. The molecule has 0 aliphatic heterocycles. The predicted octanol–water partition coefficient (Wildman–Crippen LogP) is -0.735. The second kappa shape index (κ2) is 15.1. The van der Waals surface area contributed by atoms with Gasteiger partial charge in [-0.3, -0.25) is 14.4 Å². The van der Waals surface area contributed by atoms with Crippen molar-refractivity contribution >= 4 is 17.8 Å². The Morgan fingerprint density at radius 2 is 1.48 bits per heavy atom. The summed E-state index contributed by atoms with van der Waals surface area (Å²) in [5.41, 5.74) is 5.01. The number of hydrogen-bond donors (Lipinski definition) is 2. The number of carbonyl (C=O) groups excluding carboxylic acids is 2. The number of carboxylic acids is 1. The van der Waals surface area contributed by atoms with Gasteiger partial charge >= 0.3 is 11.9 Å². The summed E-state index contributed by atoms with van der Waals surface area (Å²) in [6, 6.07) is -1.17. The fourth-order valence-corrected chi connectivity index (χ4v) is 1.94. The summed E-state index contributed by atoms with van der Waals surface area (Å²) in [5, 5.41) is 8.99. The molecule has 1 atom stereocenters. The molecule has 0 saturated heterocycles. The molecule has 1 unspecified atom stereocenters. The van der Waals surface area contributed by atoms with Crippen LogP contribution in [0.1, 0.15) is 20.8 Å². The maximum atomic E-state index is 12.2. The van der Waals surface area contributed by atoms with Gasteiger partial charge in [0, 0.05) is 13.7 Å². The van der Waals surface area contributed by atoms with Gasteiger partial charge in [0.1, 0.15) is 24.8 Å². The molecule has 0 aromatic carbocycles. The Balaban J connectivity index is 4.22. The highest BCUT2D eigenvalue weighted by Gasteiger charge is 2.27. The quantitative estimate of drug-likeness (QED) is 0.241. The minimum Gasteiger partial charge on any atom is -0.480 e. The summed E-state index contributed by atoms with van der Waals surface area (Å²) >= 11 is 0. The second-order valence-electron chi connectivity index (χ2n) is 7.08. The van der Waals surface area contributed by atoms with Gasteiger partial charge in [0.15, 0.2) is 0 Å². The van der Waals surface area contributed by atoms with E-state index in [0.717, 1.165) is 4.90 Å². The third-order valence-electron chi connectivity index (χ3n) is 3.21. The van der Waals surface area contributed by atoms with Crippen LogP contribution in [0.5, 0.6) is 0 Å². The summed E-state index contributed by atoms with van der Waals surface area (Å²) < 4.78 is 25.7. The summed E-state index contributed by atoms with van der Waals surface area (Å²) in [4.78, 5) is 36.1. The van der Waals surface area contributed by atoms with Crippen LogP contribution >= 0.6 is 0 Å². The predicted molar refractivity (Wildman–Crippen MR) is 102 cm³/mol. The van der Waals surface area contributed by atoms with Crippen molar-refractivity contribution in [2.24, 2.45) is 5.73 Å². The highest BCUT2D eigenvalue weighted by Crippen LogP contribution is 2.08. The number of hydrogen-bond acceptors (Lipinski definition) is 9. The molecule has 11 nitrogen and oxygen atoms in total. The van der Waals surface area contributed by atoms with Crippen molar-refractivity contribution in [2.45, 2.75) is 32.4 Å². The van der Waals surface area contributed by atoms with E-state index < -0.39 is 36.0 Å². The Hall–Kier alpha value is -1.79. The van der Waals surface area contributed by atoms with Crippen molar-refractivity contribution in [1.29, 1.82) is 0 Å². The molecule has 0 aromatic heterocycles. The van der Waals surface area contributed by atoms with E-state index in [2.05, 4.69) is 0 Å². The van der Waals surface area contributed by atoms with E-state index in [1.807, 2.05) is 0 Å². The van der Waals surface area contributed by atoms with Gasteiger partial charge in [-0.2, -0.15) is 0 Å². The van der Waals surface area contributed by atoms with Crippen molar-refractivity contribution in [3.8, 4) is 0 Å². The number of carboxylic acid groups (broad SMARTS) is 1. The first-order valence-corrected chi connectivity index (χ1v) is 9.27. The number of rotatable bonds is 16. The fourth-order valence-electron chi connectivity index (χ4n) is 1.94. The van der Waals surface area contributed by atoms with Gasteiger partial charge in [0.25, 0.3) is 0 Å². The Bertz CT molecular complexity index is 494. The van der Waals surface area contributed by atoms with Gasteiger partial charge in [-0.1, -0.05) is 0 Å².